The molecule has 2 rings (SSSR count). The number of hydrogen-bond acceptors (Lipinski definition) is 5. The number of rotatable bonds is 5. The van der Waals surface area contributed by atoms with E-state index in [1.807, 2.05) is 0 Å². The Kier molecular flexibility index (Phi) is 4.60. The molecule has 0 saturated heterocycles. The van der Waals surface area contributed by atoms with Crippen LogP contribution in [0.25, 0.3) is 0 Å². The number of benzene rings is 1. The summed E-state index contributed by atoms with van der Waals surface area (Å²) in [7, 11) is -2.39. The van der Waals surface area contributed by atoms with Gasteiger partial charge in [-0.1, -0.05) is 15.9 Å². The van der Waals surface area contributed by atoms with Gasteiger partial charge in [-0.3, -0.25) is 4.72 Å². The van der Waals surface area contributed by atoms with Crippen molar-refractivity contribution in [2.75, 3.05) is 11.8 Å². The van der Waals surface area contributed by atoms with Gasteiger partial charge in [-0.25, -0.2) is 8.42 Å². The Bertz CT molecular complexity index is 754. The summed E-state index contributed by atoms with van der Waals surface area (Å²) in [5.74, 6) is 0.792. The number of aliphatic hydroxyl groups is 1. The van der Waals surface area contributed by atoms with Crippen LogP contribution in [-0.4, -0.2) is 20.6 Å². The Morgan fingerprint density at radius 1 is 1.38 bits per heavy atom. The molecule has 2 aromatic rings. The molecule has 1 heterocycles. The van der Waals surface area contributed by atoms with Gasteiger partial charge >= 0.3 is 0 Å². The maximum Gasteiger partial charge on any atom is 0.265 e. The lowest BCUT2D eigenvalue weighted by molar-refractivity contribution is 0.245. The topological polar surface area (TPSA) is 88.8 Å². The Morgan fingerprint density at radius 3 is 2.67 bits per heavy atom. The van der Waals surface area contributed by atoms with E-state index in [4.69, 9.17) is 14.3 Å². The van der Waals surface area contributed by atoms with Crippen molar-refractivity contribution in [3.8, 4) is 5.75 Å². The van der Waals surface area contributed by atoms with E-state index in [1.54, 1.807) is 18.2 Å². The molecule has 0 saturated carbocycles. The molecule has 0 unspecified atom stereocenters. The van der Waals surface area contributed by atoms with Gasteiger partial charge in [0.2, 0.25) is 0 Å². The quantitative estimate of drug-likeness (QED) is 0.838. The number of halogens is 1. The second kappa shape index (κ2) is 6.08. The molecule has 0 aliphatic carbocycles. The summed E-state index contributed by atoms with van der Waals surface area (Å²) in [6.07, 6.45) is 0. The summed E-state index contributed by atoms with van der Waals surface area (Å²) in [6, 6.07) is 6.27. The molecule has 0 bridgehead atoms. The Hall–Kier alpha value is -1.51. The van der Waals surface area contributed by atoms with Gasteiger partial charge < -0.3 is 14.3 Å². The van der Waals surface area contributed by atoms with E-state index < -0.39 is 10.0 Å². The van der Waals surface area contributed by atoms with Crippen LogP contribution in [0.2, 0.25) is 0 Å². The maximum absolute atomic E-state index is 12.4. The molecule has 0 radical (unpaired) electrons. The van der Waals surface area contributed by atoms with E-state index in [9.17, 15) is 8.42 Å². The third-order valence-electron chi connectivity index (χ3n) is 2.77. The van der Waals surface area contributed by atoms with Gasteiger partial charge in [0.15, 0.2) is 0 Å². The van der Waals surface area contributed by atoms with Crippen molar-refractivity contribution in [2.45, 2.75) is 18.4 Å². The number of aryl methyl sites for hydroxylation is 1. The fraction of sp³-hybridized carbons (Fsp3) is 0.231. The zero-order chi connectivity index (χ0) is 15.6. The first-order valence-corrected chi connectivity index (χ1v) is 8.21. The lowest BCUT2D eigenvalue weighted by atomic mass is 10.3. The summed E-state index contributed by atoms with van der Waals surface area (Å²) >= 11 is 3.28. The molecule has 0 aliphatic heterocycles. The van der Waals surface area contributed by atoms with Crippen LogP contribution >= 0.6 is 15.9 Å². The monoisotopic (exact) mass is 375 g/mol. The molecule has 0 aliphatic rings. The van der Waals surface area contributed by atoms with E-state index in [1.165, 1.54) is 20.1 Å². The van der Waals surface area contributed by atoms with Gasteiger partial charge in [-0.15, -0.1) is 0 Å². The zero-order valence-electron chi connectivity index (χ0n) is 11.4. The number of ether oxygens (including phenoxy) is 1. The number of furan rings is 1. The summed E-state index contributed by atoms with van der Waals surface area (Å²) in [5.41, 5.74) is 0.304. The van der Waals surface area contributed by atoms with E-state index in [-0.39, 0.29) is 23.0 Å². The standard InChI is InChI=1S/C13H14BrNO5S/c1-8-13(6-10(7-16)20-8)21(17,18)15-11-5-9(14)3-4-12(11)19-2/h3-6,15-16H,7H2,1-2H3. The average Bonchev–Trinajstić information content (AvgIpc) is 2.81. The molecule has 8 heteroatoms. The Balaban J connectivity index is 2.41. The zero-order valence-corrected chi connectivity index (χ0v) is 13.8. The largest absolute Gasteiger partial charge is 0.495 e. The highest BCUT2D eigenvalue weighted by Gasteiger charge is 2.22. The number of anilines is 1. The van der Waals surface area contributed by atoms with Gasteiger partial charge in [0, 0.05) is 10.5 Å². The lowest BCUT2D eigenvalue weighted by Crippen LogP contribution is -2.14. The van der Waals surface area contributed by atoms with Gasteiger partial charge in [0.05, 0.1) is 12.8 Å². The fourth-order valence-electron chi connectivity index (χ4n) is 1.83. The molecule has 6 nitrogen and oxygen atoms in total. The third-order valence-corrected chi connectivity index (χ3v) is 4.74. The minimum atomic E-state index is -3.84. The molecule has 2 N–H and O–H groups in total. The smallest absolute Gasteiger partial charge is 0.265 e. The molecule has 1 aromatic carbocycles. The van der Waals surface area contributed by atoms with Crippen molar-refractivity contribution in [3.63, 3.8) is 0 Å². The van der Waals surface area contributed by atoms with Crippen LogP contribution in [0.1, 0.15) is 11.5 Å². The molecule has 114 valence electrons. The van der Waals surface area contributed by atoms with Crippen molar-refractivity contribution >= 4 is 31.6 Å². The Morgan fingerprint density at radius 2 is 2.10 bits per heavy atom. The highest BCUT2D eigenvalue weighted by atomic mass is 79.9. The second-order valence-electron chi connectivity index (χ2n) is 4.24. The summed E-state index contributed by atoms with van der Waals surface area (Å²) in [4.78, 5) is -0.0198. The minimum absolute atomic E-state index is 0.0198. The minimum Gasteiger partial charge on any atom is -0.495 e. The molecular formula is C13H14BrNO5S. The lowest BCUT2D eigenvalue weighted by Gasteiger charge is -2.11. The molecule has 0 fully saturated rings. The van der Waals surface area contributed by atoms with Crippen molar-refractivity contribution in [1.82, 2.24) is 0 Å². The summed E-state index contributed by atoms with van der Waals surface area (Å²) < 4.78 is 38.3. The first-order valence-electron chi connectivity index (χ1n) is 5.94. The highest BCUT2D eigenvalue weighted by Crippen LogP contribution is 2.31. The molecule has 21 heavy (non-hydrogen) atoms. The fourth-order valence-corrected chi connectivity index (χ4v) is 3.46. The van der Waals surface area contributed by atoms with E-state index in [0.29, 0.717) is 15.9 Å². The highest BCUT2D eigenvalue weighted by molar-refractivity contribution is 9.10. The molecular weight excluding hydrogens is 362 g/mol. The summed E-state index contributed by atoms with van der Waals surface area (Å²) in [5, 5.41) is 9.01. The number of methoxy groups -OCH3 is 1. The second-order valence-corrected chi connectivity index (χ2v) is 6.81. The van der Waals surface area contributed by atoms with Crippen LogP contribution in [0.5, 0.6) is 5.75 Å². The average molecular weight is 376 g/mol. The SMILES string of the molecule is COc1ccc(Br)cc1NS(=O)(=O)c1cc(CO)oc1C. The van der Waals surface area contributed by atoms with Crippen LogP contribution in [0.4, 0.5) is 5.69 Å². The van der Waals surface area contributed by atoms with E-state index in [2.05, 4.69) is 20.7 Å². The van der Waals surface area contributed by atoms with Crippen LogP contribution in [-0.2, 0) is 16.6 Å². The number of hydrogen-bond donors (Lipinski definition) is 2. The van der Waals surface area contributed by atoms with E-state index >= 15 is 0 Å². The van der Waals surface area contributed by atoms with Gasteiger partial charge in [-0.05, 0) is 25.1 Å². The van der Waals surface area contributed by atoms with Crippen molar-refractivity contribution in [2.24, 2.45) is 0 Å². The van der Waals surface area contributed by atoms with Gasteiger partial charge in [0.1, 0.15) is 28.8 Å². The van der Waals surface area contributed by atoms with Crippen LogP contribution < -0.4 is 9.46 Å². The summed E-state index contributed by atoms with van der Waals surface area (Å²) in [6.45, 7) is 1.16. The number of nitrogens with one attached hydrogen (secondary N) is 1. The third kappa shape index (κ3) is 3.39. The molecule has 0 atom stereocenters. The Labute approximate surface area is 130 Å². The van der Waals surface area contributed by atoms with Crippen LogP contribution in [0.15, 0.2) is 38.1 Å². The first-order chi connectivity index (χ1) is 9.87. The normalized spacial score (nSPS) is 11.4. The molecule has 1 aromatic heterocycles. The van der Waals surface area contributed by atoms with Crippen LogP contribution in [0.3, 0.4) is 0 Å². The molecule has 0 amide bonds. The van der Waals surface area contributed by atoms with Gasteiger partial charge in [0.25, 0.3) is 10.0 Å². The maximum atomic E-state index is 12.4. The van der Waals surface area contributed by atoms with Crippen molar-refractivity contribution in [3.05, 3.63) is 40.3 Å². The number of aliphatic hydroxyl groups excluding tert-OH is 1. The first kappa shape index (κ1) is 15.9. The van der Waals surface area contributed by atoms with Gasteiger partial charge in [-0.2, -0.15) is 0 Å². The van der Waals surface area contributed by atoms with E-state index in [0.717, 1.165) is 0 Å². The predicted octanol–water partition coefficient (Wildman–Crippen LogP) is 2.65. The molecule has 0 spiro atoms. The van der Waals surface area contributed by atoms with Crippen molar-refractivity contribution in [1.29, 1.82) is 0 Å². The predicted molar refractivity (Wildman–Crippen MR) is 80.9 cm³/mol. The number of sulfonamides is 1. The van der Waals surface area contributed by atoms with Crippen LogP contribution in [0, 0.1) is 6.92 Å². The van der Waals surface area contributed by atoms with Crippen molar-refractivity contribution < 1.29 is 22.7 Å².